The highest BCUT2D eigenvalue weighted by molar-refractivity contribution is 9.10. The molecular weight excluding hydrogens is 328 g/mol. The molecule has 1 fully saturated rings. The fourth-order valence-corrected chi connectivity index (χ4v) is 3.80. The van der Waals surface area contributed by atoms with Gasteiger partial charge >= 0.3 is 0 Å². The first-order valence-electron chi connectivity index (χ1n) is 7.96. The molecule has 2 N–H and O–H groups in total. The molecule has 1 aliphatic carbocycles. The van der Waals surface area contributed by atoms with Gasteiger partial charge in [0.2, 0.25) is 0 Å². The van der Waals surface area contributed by atoms with E-state index in [4.69, 9.17) is 10.5 Å². The van der Waals surface area contributed by atoms with Gasteiger partial charge in [-0.2, -0.15) is 0 Å². The Balaban J connectivity index is 2.14. The second kappa shape index (κ2) is 8.16. The summed E-state index contributed by atoms with van der Waals surface area (Å²) >= 11 is 3.67. The maximum atomic E-state index is 6.00. The van der Waals surface area contributed by atoms with Crippen LogP contribution in [-0.2, 0) is 6.54 Å². The van der Waals surface area contributed by atoms with Gasteiger partial charge in [0.05, 0.1) is 7.11 Å². The molecule has 0 aliphatic heterocycles. The molecule has 0 heterocycles. The van der Waals surface area contributed by atoms with Gasteiger partial charge in [0.1, 0.15) is 5.75 Å². The summed E-state index contributed by atoms with van der Waals surface area (Å²) in [5.41, 5.74) is 7.29. The molecule has 0 saturated heterocycles. The van der Waals surface area contributed by atoms with Crippen molar-refractivity contribution < 1.29 is 4.74 Å². The zero-order valence-corrected chi connectivity index (χ0v) is 14.7. The lowest BCUT2D eigenvalue weighted by Crippen LogP contribution is -2.44. The number of ether oxygens (including phenoxy) is 1. The van der Waals surface area contributed by atoms with Gasteiger partial charge in [0.15, 0.2) is 0 Å². The first-order chi connectivity index (χ1) is 10.2. The third-order valence-corrected chi connectivity index (χ3v) is 5.45. The van der Waals surface area contributed by atoms with E-state index in [1.807, 2.05) is 6.07 Å². The van der Waals surface area contributed by atoms with Crippen LogP contribution in [0.2, 0.25) is 0 Å². The van der Waals surface area contributed by atoms with Crippen molar-refractivity contribution in [2.45, 2.75) is 45.2 Å². The molecule has 2 unspecified atom stereocenters. The summed E-state index contributed by atoms with van der Waals surface area (Å²) in [6, 6.07) is 6.82. The SMILES string of the molecule is CCN(Cc1cc(OC)ccc1Br)C1CCCCC1CN. The van der Waals surface area contributed by atoms with Crippen molar-refractivity contribution in [2.75, 3.05) is 20.2 Å². The Morgan fingerprint density at radius 1 is 1.33 bits per heavy atom. The van der Waals surface area contributed by atoms with Gasteiger partial charge in [-0.3, -0.25) is 4.90 Å². The van der Waals surface area contributed by atoms with Gasteiger partial charge in [0.25, 0.3) is 0 Å². The fourth-order valence-electron chi connectivity index (χ4n) is 3.43. The predicted molar refractivity (Wildman–Crippen MR) is 91.6 cm³/mol. The molecule has 21 heavy (non-hydrogen) atoms. The molecule has 0 amide bonds. The van der Waals surface area contributed by atoms with Crippen LogP contribution in [0, 0.1) is 5.92 Å². The molecule has 4 heteroatoms. The van der Waals surface area contributed by atoms with E-state index >= 15 is 0 Å². The molecule has 1 saturated carbocycles. The second-order valence-corrected chi connectivity index (χ2v) is 6.72. The quantitative estimate of drug-likeness (QED) is 0.844. The van der Waals surface area contributed by atoms with Crippen LogP contribution < -0.4 is 10.5 Å². The molecule has 118 valence electrons. The Hall–Kier alpha value is -0.580. The minimum absolute atomic E-state index is 0.617. The predicted octanol–water partition coefficient (Wildman–Crippen LogP) is 3.80. The highest BCUT2D eigenvalue weighted by atomic mass is 79.9. The number of nitrogens with zero attached hydrogens (tertiary/aromatic N) is 1. The summed E-state index contributed by atoms with van der Waals surface area (Å²) in [5, 5.41) is 0. The summed E-state index contributed by atoms with van der Waals surface area (Å²) in [6.45, 7) is 5.07. The van der Waals surface area contributed by atoms with E-state index in [0.29, 0.717) is 12.0 Å². The zero-order chi connectivity index (χ0) is 15.2. The van der Waals surface area contributed by atoms with Gasteiger partial charge in [-0.15, -0.1) is 0 Å². The van der Waals surface area contributed by atoms with E-state index in [-0.39, 0.29) is 0 Å². The molecule has 1 aromatic rings. The fraction of sp³-hybridized carbons (Fsp3) is 0.647. The maximum absolute atomic E-state index is 6.00. The van der Waals surface area contributed by atoms with Crippen LogP contribution in [0.25, 0.3) is 0 Å². The molecule has 2 rings (SSSR count). The maximum Gasteiger partial charge on any atom is 0.119 e. The van der Waals surface area contributed by atoms with E-state index in [9.17, 15) is 0 Å². The largest absolute Gasteiger partial charge is 0.497 e. The number of hydrogen-bond donors (Lipinski definition) is 1. The molecular formula is C17H27BrN2O. The lowest BCUT2D eigenvalue weighted by Gasteiger charge is -2.39. The topological polar surface area (TPSA) is 38.5 Å². The number of benzene rings is 1. The van der Waals surface area contributed by atoms with E-state index in [2.05, 4.69) is 39.9 Å². The minimum Gasteiger partial charge on any atom is -0.497 e. The number of methoxy groups -OCH3 is 1. The van der Waals surface area contributed by atoms with Crippen molar-refractivity contribution in [3.8, 4) is 5.75 Å². The van der Waals surface area contributed by atoms with Crippen molar-refractivity contribution in [2.24, 2.45) is 11.7 Å². The van der Waals surface area contributed by atoms with Crippen LogP contribution in [0.5, 0.6) is 5.75 Å². The van der Waals surface area contributed by atoms with Crippen LogP contribution in [0.4, 0.5) is 0 Å². The number of halogens is 1. The number of nitrogens with two attached hydrogens (primary N) is 1. The Morgan fingerprint density at radius 2 is 2.10 bits per heavy atom. The molecule has 0 radical (unpaired) electrons. The van der Waals surface area contributed by atoms with E-state index in [1.54, 1.807) is 7.11 Å². The Kier molecular flexibility index (Phi) is 6.52. The summed E-state index contributed by atoms with van der Waals surface area (Å²) in [5.74, 6) is 1.56. The Bertz CT molecular complexity index is 452. The molecule has 1 aliphatic rings. The van der Waals surface area contributed by atoms with Crippen LogP contribution >= 0.6 is 15.9 Å². The number of hydrogen-bond acceptors (Lipinski definition) is 3. The molecule has 0 spiro atoms. The average molecular weight is 355 g/mol. The first-order valence-corrected chi connectivity index (χ1v) is 8.75. The van der Waals surface area contributed by atoms with E-state index in [1.165, 1.54) is 31.2 Å². The molecule has 1 aromatic carbocycles. The van der Waals surface area contributed by atoms with E-state index in [0.717, 1.165) is 29.9 Å². The molecule has 3 nitrogen and oxygen atoms in total. The normalized spacial score (nSPS) is 22.5. The van der Waals surface area contributed by atoms with Gasteiger partial charge < -0.3 is 10.5 Å². The van der Waals surface area contributed by atoms with Crippen molar-refractivity contribution in [3.05, 3.63) is 28.2 Å². The lowest BCUT2D eigenvalue weighted by molar-refractivity contribution is 0.105. The van der Waals surface area contributed by atoms with Gasteiger partial charge in [0, 0.05) is 17.1 Å². The van der Waals surface area contributed by atoms with Crippen LogP contribution in [0.3, 0.4) is 0 Å². The lowest BCUT2D eigenvalue weighted by atomic mass is 9.83. The van der Waals surface area contributed by atoms with Crippen LogP contribution in [-0.4, -0.2) is 31.1 Å². The third-order valence-electron chi connectivity index (χ3n) is 4.67. The van der Waals surface area contributed by atoms with Crippen LogP contribution in [0.15, 0.2) is 22.7 Å². The summed E-state index contributed by atoms with van der Waals surface area (Å²) in [7, 11) is 1.72. The summed E-state index contributed by atoms with van der Waals surface area (Å²) in [4.78, 5) is 2.58. The van der Waals surface area contributed by atoms with Gasteiger partial charge in [-0.05, 0) is 55.6 Å². The van der Waals surface area contributed by atoms with Gasteiger partial charge in [-0.25, -0.2) is 0 Å². The Morgan fingerprint density at radius 3 is 2.76 bits per heavy atom. The molecule has 0 aromatic heterocycles. The summed E-state index contributed by atoms with van der Waals surface area (Å²) in [6.07, 6.45) is 5.21. The minimum atomic E-state index is 0.617. The number of rotatable bonds is 6. The highest BCUT2D eigenvalue weighted by Crippen LogP contribution is 2.31. The Labute approximate surface area is 137 Å². The van der Waals surface area contributed by atoms with Crippen LogP contribution in [0.1, 0.15) is 38.2 Å². The van der Waals surface area contributed by atoms with Crippen molar-refractivity contribution >= 4 is 15.9 Å². The molecule has 0 bridgehead atoms. The first kappa shape index (κ1) is 16.8. The van der Waals surface area contributed by atoms with Gasteiger partial charge in [-0.1, -0.05) is 35.7 Å². The second-order valence-electron chi connectivity index (χ2n) is 5.87. The van der Waals surface area contributed by atoms with Crippen molar-refractivity contribution in [1.82, 2.24) is 4.90 Å². The monoisotopic (exact) mass is 354 g/mol. The van der Waals surface area contributed by atoms with E-state index < -0.39 is 0 Å². The molecule has 2 atom stereocenters. The van der Waals surface area contributed by atoms with Crippen molar-refractivity contribution in [3.63, 3.8) is 0 Å². The van der Waals surface area contributed by atoms with Crippen molar-refractivity contribution in [1.29, 1.82) is 0 Å². The average Bonchev–Trinajstić information content (AvgIpc) is 2.54. The smallest absolute Gasteiger partial charge is 0.119 e. The highest BCUT2D eigenvalue weighted by Gasteiger charge is 2.28. The zero-order valence-electron chi connectivity index (χ0n) is 13.1. The standard InChI is InChI=1S/C17H27BrN2O/c1-3-20(17-7-5-4-6-13(17)11-19)12-14-10-15(21-2)8-9-16(14)18/h8-10,13,17H,3-7,11-12,19H2,1-2H3. The third kappa shape index (κ3) is 4.21. The summed E-state index contributed by atoms with van der Waals surface area (Å²) < 4.78 is 6.51.